The molecule has 1 aliphatic heterocycles. The standard InChI is InChI=1S/C25H24N6O/c26-17-18-6-8-19(9-7-18)22-5-4-14-28-23(22)30-25(27)29-21-12-10-20(11-13-21)24(32)31-15-2-1-3-16-31/h4-14H,1-3,15-16H2,(H3,27,28,29,30). The Morgan fingerprint density at radius 1 is 1.03 bits per heavy atom. The Morgan fingerprint density at radius 3 is 2.44 bits per heavy atom. The fourth-order valence-corrected chi connectivity index (χ4v) is 3.70. The van der Waals surface area contributed by atoms with E-state index < -0.39 is 0 Å². The van der Waals surface area contributed by atoms with E-state index in [2.05, 4.69) is 21.4 Å². The summed E-state index contributed by atoms with van der Waals surface area (Å²) in [5, 5.41) is 12.0. The summed E-state index contributed by atoms with van der Waals surface area (Å²) in [7, 11) is 0. The lowest BCUT2D eigenvalue weighted by Crippen LogP contribution is -2.35. The molecule has 1 fully saturated rings. The molecule has 2 heterocycles. The van der Waals surface area contributed by atoms with Crippen molar-refractivity contribution in [3.63, 3.8) is 0 Å². The van der Waals surface area contributed by atoms with Gasteiger partial charge in [0, 0.05) is 36.1 Å². The first-order valence-electron chi connectivity index (χ1n) is 10.6. The first-order chi connectivity index (χ1) is 15.6. The largest absolute Gasteiger partial charge is 0.369 e. The topological polar surface area (TPSA) is 107 Å². The molecule has 4 rings (SSSR count). The summed E-state index contributed by atoms with van der Waals surface area (Å²) in [6, 6.07) is 20.3. The van der Waals surface area contributed by atoms with Crippen molar-refractivity contribution in [2.24, 2.45) is 10.7 Å². The number of nitrogens with one attached hydrogen (secondary N) is 1. The van der Waals surface area contributed by atoms with Crippen LogP contribution in [-0.4, -0.2) is 34.8 Å². The number of benzene rings is 2. The van der Waals surface area contributed by atoms with Crippen LogP contribution in [0.5, 0.6) is 0 Å². The van der Waals surface area contributed by atoms with Gasteiger partial charge in [0.15, 0.2) is 11.8 Å². The molecule has 0 spiro atoms. The van der Waals surface area contributed by atoms with Crippen LogP contribution < -0.4 is 11.1 Å². The van der Waals surface area contributed by atoms with Gasteiger partial charge in [-0.1, -0.05) is 12.1 Å². The number of carbonyl (C=O) groups excluding carboxylic acids is 1. The first-order valence-corrected chi connectivity index (χ1v) is 10.6. The summed E-state index contributed by atoms with van der Waals surface area (Å²) in [5.74, 6) is 0.728. The number of guanidine groups is 1. The normalized spacial score (nSPS) is 14.0. The number of aliphatic imine (C=N–C) groups is 1. The molecule has 0 unspecified atom stereocenters. The van der Waals surface area contributed by atoms with E-state index in [9.17, 15) is 4.79 Å². The van der Waals surface area contributed by atoms with Gasteiger partial charge >= 0.3 is 0 Å². The van der Waals surface area contributed by atoms with Crippen LogP contribution in [0.4, 0.5) is 11.5 Å². The van der Waals surface area contributed by atoms with Crippen molar-refractivity contribution in [2.45, 2.75) is 19.3 Å². The van der Waals surface area contributed by atoms with E-state index in [1.165, 1.54) is 6.42 Å². The third kappa shape index (κ3) is 4.93. The van der Waals surface area contributed by atoms with E-state index in [1.54, 1.807) is 30.5 Å². The molecule has 7 nitrogen and oxygen atoms in total. The molecule has 3 N–H and O–H groups in total. The highest BCUT2D eigenvalue weighted by atomic mass is 16.2. The average Bonchev–Trinajstić information content (AvgIpc) is 2.85. The van der Waals surface area contributed by atoms with Crippen molar-refractivity contribution in [2.75, 3.05) is 18.4 Å². The van der Waals surface area contributed by atoms with Crippen molar-refractivity contribution in [3.05, 3.63) is 78.0 Å². The van der Waals surface area contributed by atoms with E-state index in [0.717, 1.165) is 42.7 Å². The average molecular weight is 425 g/mol. The van der Waals surface area contributed by atoms with Crippen LogP contribution in [0.3, 0.4) is 0 Å². The molecule has 1 saturated heterocycles. The van der Waals surface area contributed by atoms with E-state index in [-0.39, 0.29) is 11.9 Å². The van der Waals surface area contributed by atoms with Gasteiger partial charge in [0.2, 0.25) is 0 Å². The maximum Gasteiger partial charge on any atom is 0.253 e. The molecule has 2 aromatic carbocycles. The molecule has 160 valence electrons. The molecule has 0 saturated carbocycles. The van der Waals surface area contributed by atoms with Crippen LogP contribution in [0.2, 0.25) is 0 Å². The number of pyridine rings is 1. The van der Waals surface area contributed by atoms with Gasteiger partial charge in [0.1, 0.15) is 0 Å². The second-order valence-corrected chi connectivity index (χ2v) is 7.62. The fourth-order valence-electron chi connectivity index (χ4n) is 3.70. The van der Waals surface area contributed by atoms with Crippen LogP contribution in [0, 0.1) is 11.3 Å². The number of nitrogens with two attached hydrogens (primary N) is 1. The number of nitrogens with zero attached hydrogens (tertiary/aromatic N) is 4. The third-order valence-corrected chi connectivity index (χ3v) is 5.39. The number of carbonyl (C=O) groups is 1. The quantitative estimate of drug-likeness (QED) is 0.479. The van der Waals surface area contributed by atoms with E-state index >= 15 is 0 Å². The minimum absolute atomic E-state index is 0.0680. The fraction of sp³-hybridized carbons (Fsp3) is 0.200. The van der Waals surface area contributed by atoms with Gasteiger partial charge in [-0.3, -0.25) is 4.79 Å². The highest BCUT2D eigenvalue weighted by Gasteiger charge is 2.17. The maximum absolute atomic E-state index is 12.6. The van der Waals surface area contributed by atoms with E-state index in [4.69, 9.17) is 11.0 Å². The molecule has 0 aliphatic carbocycles. The summed E-state index contributed by atoms with van der Waals surface area (Å²) >= 11 is 0. The number of anilines is 1. The molecule has 0 atom stereocenters. The minimum atomic E-state index is 0.0680. The number of rotatable bonds is 4. The van der Waals surface area contributed by atoms with Crippen LogP contribution in [0.15, 0.2) is 71.9 Å². The second-order valence-electron chi connectivity index (χ2n) is 7.62. The Morgan fingerprint density at radius 2 is 1.75 bits per heavy atom. The molecule has 1 aromatic heterocycles. The van der Waals surface area contributed by atoms with Gasteiger partial charge in [0.25, 0.3) is 5.91 Å². The molecular formula is C25H24N6O. The summed E-state index contributed by atoms with van der Waals surface area (Å²) in [6.45, 7) is 1.65. The zero-order valence-corrected chi connectivity index (χ0v) is 17.7. The van der Waals surface area contributed by atoms with Gasteiger partial charge in [0.05, 0.1) is 11.6 Å². The monoisotopic (exact) mass is 424 g/mol. The molecular weight excluding hydrogens is 400 g/mol. The van der Waals surface area contributed by atoms with Crippen molar-refractivity contribution >= 4 is 23.4 Å². The Bertz CT molecular complexity index is 1160. The minimum Gasteiger partial charge on any atom is -0.369 e. The van der Waals surface area contributed by atoms with Crippen molar-refractivity contribution in [1.29, 1.82) is 5.26 Å². The van der Waals surface area contributed by atoms with Crippen LogP contribution >= 0.6 is 0 Å². The number of amides is 1. The highest BCUT2D eigenvalue weighted by Crippen LogP contribution is 2.28. The smallest absolute Gasteiger partial charge is 0.253 e. The number of hydrogen-bond donors (Lipinski definition) is 2. The SMILES string of the molecule is N#Cc1ccc(-c2cccnc2/N=C(\N)Nc2ccc(C(=O)N3CCCCC3)cc2)cc1. The van der Waals surface area contributed by atoms with E-state index in [1.807, 2.05) is 41.3 Å². The van der Waals surface area contributed by atoms with E-state index in [0.29, 0.717) is 16.9 Å². The molecule has 0 radical (unpaired) electrons. The summed E-state index contributed by atoms with van der Waals surface area (Å²) < 4.78 is 0. The molecule has 1 amide bonds. The lowest BCUT2D eigenvalue weighted by molar-refractivity contribution is 0.0724. The van der Waals surface area contributed by atoms with Gasteiger partial charge in [-0.2, -0.15) is 10.3 Å². The number of piperidine rings is 1. The van der Waals surface area contributed by atoms with Crippen LogP contribution in [0.1, 0.15) is 35.2 Å². The predicted octanol–water partition coefficient (Wildman–Crippen LogP) is 4.30. The van der Waals surface area contributed by atoms with Crippen LogP contribution in [-0.2, 0) is 0 Å². The van der Waals surface area contributed by atoms with Gasteiger partial charge < -0.3 is 16.0 Å². The molecule has 3 aromatic rings. The molecule has 1 aliphatic rings. The van der Waals surface area contributed by atoms with Crippen molar-refractivity contribution in [1.82, 2.24) is 9.88 Å². The summed E-state index contributed by atoms with van der Waals surface area (Å²) in [6.07, 6.45) is 4.97. The van der Waals surface area contributed by atoms with Gasteiger partial charge in [-0.05, 0) is 73.4 Å². The zero-order chi connectivity index (χ0) is 22.3. The van der Waals surface area contributed by atoms with Gasteiger partial charge in [-0.25, -0.2) is 4.98 Å². The van der Waals surface area contributed by atoms with Crippen molar-refractivity contribution in [3.8, 4) is 17.2 Å². The first kappa shape index (κ1) is 21.1. The lowest BCUT2D eigenvalue weighted by Gasteiger charge is -2.26. The van der Waals surface area contributed by atoms with Crippen LogP contribution in [0.25, 0.3) is 11.1 Å². The lowest BCUT2D eigenvalue weighted by atomic mass is 10.1. The Hall–Kier alpha value is -4.18. The number of aromatic nitrogens is 1. The molecule has 32 heavy (non-hydrogen) atoms. The second kappa shape index (κ2) is 9.75. The number of nitriles is 1. The van der Waals surface area contributed by atoms with Gasteiger partial charge in [-0.15, -0.1) is 0 Å². The Labute approximate surface area is 187 Å². The number of hydrogen-bond acceptors (Lipinski definition) is 4. The Balaban J connectivity index is 1.48. The maximum atomic E-state index is 12.6. The predicted molar refractivity (Wildman–Crippen MR) is 125 cm³/mol. The zero-order valence-electron chi connectivity index (χ0n) is 17.7. The highest BCUT2D eigenvalue weighted by molar-refractivity contribution is 5.97. The third-order valence-electron chi connectivity index (χ3n) is 5.39. The van der Waals surface area contributed by atoms with Crippen molar-refractivity contribution < 1.29 is 4.79 Å². The summed E-state index contributed by atoms with van der Waals surface area (Å²) in [5.41, 5.74) is 9.82. The Kier molecular flexibility index (Phi) is 6.42. The molecule has 7 heteroatoms. The summed E-state index contributed by atoms with van der Waals surface area (Å²) in [4.78, 5) is 23.3. The number of likely N-dealkylation sites (tertiary alicyclic amines) is 1. The molecule has 0 bridgehead atoms.